The molecule has 1 saturated heterocycles. The van der Waals surface area contributed by atoms with Crippen LogP contribution in [0.1, 0.15) is 5.69 Å². The van der Waals surface area contributed by atoms with E-state index in [2.05, 4.69) is 5.32 Å². The Hall–Kier alpha value is -3.71. The molecular formula is C21H13ClFN3O3. The lowest BCUT2D eigenvalue weighted by Crippen LogP contribution is -2.54. The summed E-state index contributed by atoms with van der Waals surface area (Å²) in [4.78, 5) is 38.0. The SMILES string of the molecule is O=C1NC(=O)N(c2ccccc2F)C(=O)C1=Cc1cccn1-c1ccc(Cl)cc1. The molecule has 0 atom stereocenters. The maximum absolute atomic E-state index is 14.1. The zero-order valence-electron chi connectivity index (χ0n) is 14.8. The van der Waals surface area contributed by atoms with Crippen LogP contribution in [-0.2, 0) is 9.59 Å². The highest BCUT2D eigenvalue weighted by Gasteiger charge is 2.38. The van der Waals surface area contributed by atoms with Crippen LogP contribution in [0.15, 0.2) is 72.4 Å². The third-order valence-electron chi connectivity index (χ3n) is 4.37. The van der Waals surface area contributed by atoms with E-state index in [4.69, 9.17) is 11.6 Å². The number of benzene rings is 2. The number of hydrogen-bond acceptors (Lipinski definition) is 3. The number of amides is 4. The number of halogens is 2. The number of hydrogen-bond donors (Lipinski definition) is 1. The first kappa shape index (κ1) is 18.6. The summed E-state index contributed by atoms with van der Waals surface area (Å²) in [6.07, 6.45) is 3.10. The molecule has 1 N–H and O–H groups in total. The Morgan fingerprint density at radius 1 is 0.931 bits per heavy atom. The first-order valence-electron chi connectivity index (χ1n) is 8.55. The molecule has 0 bridgehead atoms. The predicted octanol–water partition coefficient (Wildman–Crippen LogP) is 3.94. The van der Waals surface area contributed by atoms with Gasteiger partial charge in [0.2, 0.25) is 0 Å². The number of imide groups is 2. The predicted molar refractivity (Wildman–Crippen MR) is 106 cm³/mol. The topological polar surface area (TPSA) is 71.4 Å². The number of nitrogens with one attached hydrogen (secondary N) is 1. The second kappa shape index (κ2) is 7.37. The number of urea groups is 1. The molecule has 1 aliphatic rings. The average Bonchev–Trinajstić information content (AvgIpc) is 3.15. The summed E-state index contributed by atoms with van der Waals surface area (Å²) in [6, 6.07) is 14.8. The quantitative estimate of drug-likeness (QED) is 0.526. The number of carbonyl (C=O) groups excluding carboxylic acids is 3. The highest BCUT2D eigenvalue weighted by atomic mass is 35.5. The van der Waals surface area contributed by atoms with Gasteiger partial charge in [0.1, 0.15) is 11.4 Å². The summed E-state index contributed by atoms with van der Waals surface area (Å²) in [6.45, 7) is 0. The van der Waals surface area contributed by atoms with E-state index in [-0.39, 0.29) is 11.3 Å². The molecule has 1 fully saturated rings. The number of aromatic nitrogens is 1. The van der Waals surface area contributed by atoms with Gasteiger partial charge in [-0.05, 0) is 54.6 Å². The average molecular weight is 410 g/mol. The van der Waals surface area contributed by atoms with Crippen LogP contribution in [0.5, 0.6) is 0 Å². The van der Waals surface area contributed by atoms with Crippen molar-refractivity contribution in [2.75, 3.05) is 4.90 Å². The first-order valence-corrected chi connectivity index (χ1v) is 8.93. The molecule has 2 aromatic carbocycles. The molecule has 0 aliphatic carbocycles. The Kier molecular flexibility index (Phi) is 4.74. The third kappa shape index (κ3) is 3.43. The van der Waals surface area contributed by atoms with Crippen LogP contribution in [0.2, 0.25) is 5.02 Å². The van der Waals surface area contributed by atoms with Crippen LogP contribution in [0, 0.1) is 5.82 Å². The smallest absolute Gasteiger partial charge is 0.317 e. The number of anilines is 1. The Morgan fingerprint density at radius 3 is 2.38 bits per heavy atom. The zero-order chi connectivity index (χ0) is 20.5. The van der Waals surface area contributed by atoms with Crippen LogP contribution in [0.3, 0.4) is 0 Å². The molecule has 0 saturated carbocycles. The summed E-state index contributed by atoms with van der Waals surface area (Å²) in [5.74, 6) is -2.52. The Balaban J connectivity index is 1.76. The molecule has 1 aliphatic heterocycles. The van der Waals surface area contributed by atoms with E-state index >= 15 is 0 Å². The molecule has 0 radical (unpaired) electrons. The molecule has 0 unspecified atom stereocenters. The lowest BCUT2D eigenvalue weighted by Gasteiger charge is -2.26. The highest BCUT2D eigenvalue weighted by Crippen LogP contribution is 2.25. The lowest BCUT2D eigenvalue weighted by molar-refractivity contribution is -0.122. The van der Waals surface area contributed by atoms with Crippen LogP contribution in [-0.4, -0.2) is 22.4 Å². The van der Waals surface area contributed by atoms with Crippen molar-refractivity contribution in [3.8, 4) is 5.69 Å². The van der Waals surface area contributed by atoms with Crippen molar-refractivity contribution in [2.45, 2.75) is 0 Å². The Bertz CT molecular complexity index is 1170. The van der Waals surface area contributed by atoms with Gasteiger partial charge in [0.25, 0.3) is 11.8 Å². The van der Waals surface area contributed by atoms with E-state index in [1.165, 1.54) is 24.3 Å². The Labute approximate surface area is 169 Å². The van der Waals surface area contributed by atoms with Crippen molar-refractivity contribution in [2.24, 2.45) is 0 Å². The van der Waals surface area contributed by atoms with E-state index < -0.39 is 23.7 Å². The van der Waals surface area contributed by atoms with Gasteiger partial charge in [-0.1, -0.05) is 23.7 Å². The number of nitrogens with zero attached hydrogens (tertiary/aromatic N) is 2. The summed E-state index contributed by atoms with van der Waals surface area (Å²) in [5, 5.41) is 2.65. The van der Waals surface area contributed by atoms with E-state index in [1.807, 2.05) is 0 Å². The molecule has 3 aromatic rings. The van der Waals surface area contributed by atoms with Crippen LogP contribution < -0.4 is 10.2 Å². The minimum atomic E-state index is -1.00. The van der Waals surface area contributed by atoms with E-state index in [9.17, 15) is 18.8 Å². The number of para-hydroxylation sites is 1. The van der Waals surface area contributed by atoms with Crippen LogP contribution in [0.4, 0.5) is 14.9 Å². The fourth-order valence-corrected chi connectivity index (χ4v) is 3.13. The van der Waals surface area contributed by atoms with Gasteiger partial charge in [-0.2, -0.15) is 0 Å². The molecule has 6 nitrogen and oxygen atoms in total. The van der Waals surface area contributed by atoms with Gasteiger partial charge in [0.15, 0.2) is 0 Å². The fraction of sp³-hybridized carbons (Fsp3) is 0. The second-order valence-electron chi connectivity index (χ2n) is 6.19. The van der Waals surface area contributed by atoms with Gasteiger partial charge >= 0.3 is 6.03 Å². The molecular weight excluding hydrogens is 397 g/mol. The van der Waals surface area contributed by atoms with Gasteiger partial charge in [-0.25, -0.2) is 14.1 Å². The van der Waals surface area contributed by atoms with E-state index in [1.54, 1.807) is 47.2 Å². The van der Waals surface area contributed by atoms with Crippen molar-refractivity contribution in [1.29, 1.82) is 0 Å². The molecule has 1 aromatic heterocycles. The minimum absolute atomic E-state index is 0.235. The van der Waals surface area contributed by atoms with Crippen molar-refractivity contribution in [3.63, 3.8) is 0 Å². The van der Waals surface area contributed by atoms with E-state index in [0.717, 1.165) is 11.8 Å². The van der Waals surface area contributed by atoms with Crippen LogP contribution >= 0.6 is 11.6 Å². The summed E-state index contributed by atoms with van der Waals surface area (Å²) in [5.41, 5.74) is 0.758. The molecule has 0 spiro atoms. The molecule has 29 heavy (non-hydrogen) atoms. The van der Waals surface area contributed by atoms with Crippen molar-refractivity contribution in [3.05, 3.63) is 89.0 Å². The maximum atomic E-state index is 14.1. The summed E-state index contributed by atoms with van der Waals surface area (Å²) < 4.78 is 15.9. The van der Waals surface area contributed by atoms with Crippen molar-refractivity contribution in [1.82, 2.24) is 9.88 Å². The number of rotatable bonds is 3. The van der Waals surface area contributed by atoms with Gasteiger partial charge in [-0.3, -0.25) is 14.9 Å². The molecule has 144 valence electrons. The minimum Gasteiger partial charge on any atom is -0.317 e. The highest BCUT2D eigenvalue weighted by molar-refractivity contribution is 6.39. The number of barbiturate groups is 1. The summed E-state index contributed by atoms with van der Waals surface area (Å²) >= 11 is 5.92. The lowest BCUT2D eigenvalue weighted by atomic mass is 10.1. The molecule has 8 heteroatoms. The number of carbonyl (C=O) groups is 3. The third-order valence-corrected chi connectivity index (χ3v) is 4.62. The maximum Gasteiger partial charge on any atom is 0.336 e. The Morgan fingerprint density at radius 2 is 1.66 bits per heavy atom. The van der Waals surface area contributed by atoms with Gasteiger partial charge in [0.05, 0.1) is 5.69 Å². The molecule has 4 amide bonds. The normalized spacial score (nSPS) is 15.7. The van der Waals surface area contributed by atoms with Crippen molar-refractivity contribution < 1.29 is 18.8 Å². The first-order chi connectivity index (χ1) is 14.0. The van der Waals surface area contributed by atoms with Crippen molar-refractivity contribution >= 4 is 41.2 Å². The summed E-state index contributed by atoms with van der Waals surface area (Å²) in [7, 11) is 0. The van der Waals surface area contributed by atoms with Gasteiger partial charge in [-0.15, -0.1) is 0 Å². The van der Waals surface area contributed by atoms with Gasteiger partial charge in [0, 0.05) is 22.6 Å². The van der Waals surface area contributed by atoms with Crippen LogP contribution in [0.25, 0.3) is 11.8 Å². The largest absolute Gasteiger partial charge is 0.336 e. The zero-order valence-corrected chi connectivity index (χ0v) is 15.6. The molecule has 4 rings (SSSR count). The second-order valence-corrected chi connectivity index (χ2v) is 6.63. The standard InChI is InChI=1S/C21H13ClFN3O3/c22-13-7-9-14(10-8-13)25-11-3-4-15(25)12-16-19(27)24-21(29)26(20(16)28)18-6-2-1-5-17(18)23/h1-12H,(H,24,27,29). The van der Waals surface area contributed by atoms with E-state index in [0.29, 0.717) is 15.6 Å². The molecule has 2 heterocycles. The fourth-order valence-electron chi connectivity index (χ4n) is 3.01. The van der Waals surface area contributed by atoms with Gasteiger partial charge < -0.3 is 4.57 Å². The monoisotopic (exact) mass is 409 g/mol.